The van der Waals surface area contributed by atoms with Gasteiger partial charge < -0.3 is 47.0 Å². The van der Waals surface area contributed by atoms with Gasteiger partial charge in [-0.05, 0) is 102 Å². The van der Waals surface area contributed by atoms with Crippen LogP contribution >= 0.6 is 6.89 Å². The van der Waals surface area contributed by atoms with Gasteiger partial charge in [0.2, 0.25) is 0 Å². The van der Waals surface area contributed by atoms with E-state index in [0.29, 0.717) is 0 Å². The van der Waals surface area contributed by atoms with E-state index in [9.17, 15) is 0 Å². The summed E-state index contributed by atoms with van der Waals surface area (Å²) in [5.74, 6) is 0. The summed E-state index contributed by atoms with van der Waals surface area (Å²) in [5.41, 5.74) is 13.7. The summed E-state index contributed by atoms with van der Waals surface area (Å²) in [7, 11) is 0. The fourth-order valence-corrected chi connectivity index (χ4v) is 15.1. The van der Waals surface area contributed by atoms with Gasteiger partial charge >= 0.3 is 19.5 Å². The van der Waals surface area contributed by atoms with E-state index in [1.165, 1.54) is 141 Å². The second-order valence-corrected chi connectivity index (χ2v) is 18.7. The number of rotatable bonds is 5. The van der Waals surface area contributed by atoms with Crippen molar-refractivity contribution in [2.45, 2.75) is 155 Å². The van der Waals surface area contributed by atoms with Gasteiger partial charge in [0.15, 0.2) is 6.30 Å². The Morgan fingerprint density at radius 2 is 0.745 bits per heavy atom. The summed E-state index contributed by atoms with van der Waals surface area (Å²) < 4.78 is 0. The van der Waals surface area contributed by atoms with Crippen molar-refractivity contribution >= 4 is 24.6 Å². The molecule has 4 fully saturated rings. The van der Waals surface area contributed by atoms with E-state index in [1.807, 2.05) is 0 Å². The third kappa shape index (κ3) is 10.6. The van der Waals surface area contributed by atoms with Crippen molar-refractivity contribution in [3.05, 3.63) is 64.3 Å². The Labute approximate surface area is 321 Å². The molecule has 3 aliphatic carbocycles. The van der Waals surface area contributed by atoms with Crippen molar-refractivity contribution in [2.24, 2.45) is 0 Å². The molecular weight excluding hydrogens is 747 g/mol. The van der Waals surface area contributed by atoms with Gasteiger partial charge in [0, 0.05) is 41.4 Å². The topological polar surface area (TPSA) is 6.48 Å². The van der Waals surface area contributed by atoms with Gasteiger partial charge in [0.25, 0.3) is 0 Å². The molecule has 0 N–H and O–H groups in total. The molecule has 2 nitrogen and oxygen atoms in total. The third-order valence-electron chi connectivity index (χ3n) is 11.3. The summed E-state index contributed by atoms with van der Waals surface area (Å²) in [5, 5.41) is 0. The van der Waals surface area contributed by atoms with E-state index in [0.717, 1.165) is 30.1 Å². The Kier molecular flexibility index (Phi) is 19.6. The van der Waals surface area contributed by atoms with Crippen molar-refractivity contribution in [3.8, 4) is 0 Å². The second-order valence-electron chi connectivity index (χ2n) is 14.8. The summed E-state index contributed by atoms with van der Waals surface area (Å²) >= 11 is 0. The van der Waals surface area contributed by atoms with Crippen LogP contribution in [0.3, 0.4) is 0 Å². The Morgan fingerprint density at radius 1 is 0.489 bits per heavy atom. The van der Waals surface area contributed by atoms with Crippen LogP contribution in [-0.2, 0) is 19.5 Å². The molecule has 4 aliphatic rings. The smallest absolute Gasteiger partial charge is 1.00 e. The third-order valence-corrected chi connectivity index (χ3v) is 16.7. The van der Waals surface area contributed by atoms with Gasteiger partial charge in [0.1, 0.15) is 13.6 Å². The molecule has 0 bridgehead atoms. The molecule has 6 rings (SSSR count). The molecule has 0 unspecified atom stereocenters. The van der Waals surface area contributed by atoms with E-state index in [2.05, 4.69) is 82.3 Å². The summed E-state index contributed by atoms with van der Waals surface area (Å²) in [6.07, 6.45) is 29.6. The molecule has 2 radical (unpaired) electrons. The predicted octanol–water partition coefficient (Wildman–Crippen LogP) is 2.30. The fraction of sp³-hybridized carbons (Fsp3) is 0.650. The van der Waals surface area contributed by atoms with Gasteiger partial charge in [0.05, 0.1) is 0 Å². The molecule has 2 aromatic carbocycles. The first kappa shape index (κ1) is 44.8. The number of aryl methyl sites for hydroxylation is 6. The molecule has 7 heteroatoms. The molecule has 47 heavy (non-hydrogen) atoms. The Balaban J connectivity index is 0.000000436. The van der Waals surface area contributed by atoms with Crippen LogP contribution in [0, 0.1) is 48.2 Å². The van der Waals surface area contributed by atoms with Crippen LogP contribution < -0.4 is 47.0 Å². The van der Waals surface area contributed by atoms with Crippen LogP contribution in [0.5, 0.6) is 0 Å². The molecule has 1 saturated heterocycles. The van der Waals surface area contributed by atoms with Crippen molar-refractivity contribution in [3.63, 3.8) is 0 Å². The van der Waals surface area contributed by atoms with Crippen molar-refractivity contribution < 1.29 is 56.7 Å². The van der Waals surface area contributed by atoms with Crippen LogP contribution in [0.1, 0.15) is 130 Å². The molecule has 0 amide bonds. The molecule has 0 spiro atoms. The van der Waals surface area contributed by atoms with Crippen molar-refractivity contribution in [1.29, 1.82) is 0 Å². The van der Waals surface area contributed by atoms with Crippen LogP contribution in [0.25, 0.3) is 0 Å². The molecule has 0 aromatic heterocycles. The van der Waals surface area contributed by atoms with Gasteiger partial charge in [-0.15, -0.1) is 0 Å². The standard InChI is InChI=1S/C21H27N2.C19H34P.3ClH.Ru/c1-14-9-16(3)20(17(4)10-14)22-7-8-23(13-22)21-18(5)11-15(2)12-19(21)6;1-20(17-11-5-2-6-12-17,18-13-7-3-8-14-18)19-15-9-4-10-16-19;;;;/h9-13H,7-8H2,1-6H3;1,17-19H,2-16H2;3*1H;/q;+1;;;;+3/p-3. The van der Waals surface area contributed by atoms with Crippen LogP contribution in [0.4, 0.5) is 11.4 Å². The SMILES string of the molecule is Cc1cc(C)c(N2[CH]N(c3c(C)cc(C)cc3C)CC2)c(C)c1.[CH+]=P(C1CCCCC1)(C1CCCCC1)C1CCCCC1.[Cl-].[Cl-].[Cl-].[Ru+3]. The van der Waals surface area contributed by atoms with Gasteiger partial charge in [-0.25, -0.2) is 0 Å². The van der Waals surface area contributed by atoms with Crippen LogP contribution in [0.15, 0.2) is 24.3 Å². The zero-order valence-corrected chi connectivity index (χ0v) is 34.9. The Morgan fingerprint density at radius 3 is 1.00 bits per heavy atom. The zero-order valence-electron chi connectivity index (χ0n) is 30.0. The minimum absolute atomic E-state index is 0. The van der Waals surface area contributed by atoms with E-state index in [4.69, 9.17) is 6.30 Å². The average Bonchev–Trinajstić information content (AvgIpc) is 3.46. The molecular formula is C40H61Cl3N2PRu+. The van der Waals surface area contributed by atoms with E-state index >= 15 is 0 Å². The number of hydrogen-bond acceptors (Lipinski definition) is 2. The monoisotopic (exact) mass is 807 g/mol. The number of benzene rings is 2. The average molecular weight is 808 g/mol. The summed E-state index contributed by atoms with van der Waals surface area (Å²) in [6, 6.07) is 9.12. The number of hydrogen-bond donors (Lipinski definition) is 0. The second kappa shape index (κ2) is 20.6. The molecule has 3 saturated carbocycles. The minimum atomic E-state index is -1.20. The van der Waals surface area contributed by atoms with Gasteiger partial charge in [-0.1, -0.05) is 93.2 Å². The molecule has 2 aromatic rings. The normalized spacial score (nSPS) is 19.3. The quantitative estimate of drug-likeness (QED) is 0.261. The van der Waals surface area contributed by atoms with Crippen molar-refractivity contribution in [1.82, 2.24) is 0 Å². The van der Waals surface area contributed by atoms with Crippen molar-refractivity contribution in [2.75, 3.05) is 22.9 Å². The maximum Gasteiger partial charge on any atom is 3.00 e. The molecule has 264 valence electrons. The maximum atomic E-state index is 7.43. The van der Waals surface area contributed by atoms with Crippen LogP contribution in [0.2, 0.25) is 0 Å². The van der Waals surface area contributed by atoms with E-state index < -0.39 is 6.89 Å². The van der Waals surface area contributed by atoms with Gasteiger partial charge in [-0.3, -0.25) is 0 Å². The van der Waals surface area contributed by atoms with Gasteiger partial charge in [-0.2, -0.15) is 0 Å². The molecule has 1 heterocycles. The summed E-state index contributed by atoms with van der Waals surface area (Å²) in [6.45, 7) is 16.4. The fourth-order valence-electron chi connectivity index (χ4n) is 9.57. The van der Waals surface area contributed by atoms with Crippen LogP contribution in [-0.4, -0.2) is 36.4 Å². The molecule has 1 aliphatic heterocycles. The van der Waals surface area contributed by atoms with E-state index in [1.54, 1.807) is 0 Å². The maximum absolute atomic E-state index is 7.43. The molecule has 0 atom stereocenters. The zero-order chi connectivity index (χ0) is 30.6. The summed E-state index contributed by atoms with van der Waals surface area (Å²) in [4.78, 5) is 4.81. The minimum Gasteiger partial charge on any atom is -1.00 e. The predicted molar refractivity (Wildman–Crippen MR) is 194 cm³/mol. The Hall–Kier alpha value is -0.257. The first-order chi connectivity index (χ1) is 20.7. The Bertz CT molecular complexity index is 1120. The first-order valence-electron chi connectivity index (χ1n) is 17.9. The number of anilines is 2. The van der Waals surface area contributed by atoms with E-state index in [-0.39, 0.29) is 56.7 Å². The number of halogens is 3. The largest absolute Gasteiger partial charge is 3.00 e. The number of nitrogens with zero attached hydrogens (tertiary/aromatic N) is 2. The first-order valence-corrected chi connectivity index (χ1v) is 20.0.